The molecule has 7 nitrogen and oxygen atoms in total. The molecule has 0 saturated carbocycles. The van der Waals surface area contributed by atoms with E-state index >= 15 is 0 Å². The number of rotatable bonds is 10. The van der Waals surface area contributed by atoms with Crippen molar-refractivity contribution < 1.29 is 24.5 Å². The van der Waals surface area contributed by atoms with Gasteiger partial charge in [0.15, 0.2) is 11.5 Å². The molecule has 4 N–H and O–H groups in total. The Balaban J connectivity index is 2.08. The lowest BCUT2D eigenvalue weighted by Gasteiger charge is -2.28. The molecule has 2 atom stereocenters. The molecule has 26 heavy (non-hydrogen) atoms. The Kier molecular flexibility index (Phi) is 6.85. The molecule has 3 amide bonds. The predicted octanol–water partition coefficient (Wildman–Crippen LogP) is 2.24. The summed E-state index contributed by atoms with van der Waals surface area (Å²) >= 11 is 0. The molecule has 1 aromatic carbocycles. The highest BCUT2D eigenvalue weighted by atomic mass is 16.5. The van der Waals surface area contributed by atoms with Gasteiger partial charge in [-0.15, -0.1) is 0 Å². The van der Waals surface area contributed by atoms with Crippen LogP contribution >= 0.6 is 0 Å². The summed E-state index contributed by atoms with van der Waals surface area (Å²) < 4.78 is 5.10. The van der Waals surface area contributed by atoms with Gasteiger partial charge in [-0.1, -0.05) is 32.3 Å². The number of hydrogen-bond acceptors (Lipinski definition) is 5. The molecule has 2 rings (SSSR count). The largest absolute Gasteiger partial charge is 0.504 e. The molecule has 1 saturated heterocycles. The second-order valence-corrected chi connectivity index (χ2v) is 6.85. The van der Waals surface area contributed by atoms with Crippen molar-refractivity contribution in [1.29, 1.82) is 0 Å². The molecule has 0 radical (unpaired) electrons. The molecule has 0 aromatic heterocycles. The first-order valence-electron chi connectivity index (χ1n) is 9.07. The maximum Gasteiger partial charge on any atom is 0.322 e. The smallest absolute Gasteiger partial charge is 0.322 e. The van der Waals surface area contributed by atoms with E-state index in [0.29, 0.717) is 25.0 Å². The highest BCUT2D eigenvalue weighted by molar-refractivity contribution is 6.07. The highest BCUT2D eigenvalue weighted by Crippen LogP contribution is 2.30. The number of carbonyl (C=O) groups excluding carboxylic acids is 2. The van der Waals surface area contributed by atoms with E-state index in [-0.39, 0.29) is 12.2 Å². The number of nitrogens with one attached hydrogen (secondary N) is 2. The van der Waals surface area contributed by atoms with E-state index < -0.39 is 23.6 Å². The van der Waals surface area contributed by atoms with Crippen LogP contribution in [0.15, 0.2) is 18.2 Å². The Hall–Kier alpha value is -2.28. The van der Waals surface area contributed by atoms with Crippen LogP contribution in [0.3, 0.4) is 0 Å². The molecule has 144 valence electrons. The number of imide groups is 1. The summed E-state index contributed by atoms with van der Waals surface area (Å²) in [5, 5.41) is 25.0. The van der Waals surface area contributed by atoms with E-state index in [2.05, 4.69) is 17.6 Å². The van der Waals surface area contributed by atoms with Gasteiger partial charge in [0.2, 0.25) is 0 Å². The molecule has 0 spiro atoms. The van der Waals surface area contributed by atoms with Gasteiger partial charge in [-0.2, -0.15) is 0 Å². The Morgan fingerprint density at radius 1 is 1.27 bits per heavy atom. The lowest BCUT2D eigenvalue weighted by Crippen LogP contribution is -2.49. The number of methoxy groups -OCH3 is 1. The van der Waals surface area contributed by atoms with E-state index in [1.165, 1.54) is 13.2 Å². The highest BCUT2D eigenvalue weighted by Gasteiger charge is 2.46. The number of aromatic hydroxyl groups is 1. The van der Waals surface area contributed by atoms with Crippen LogP contribution in [-0.2, 0) is 11.2 Å². The summed E-state index contributed by atoms with van der Waals surface area (Å²) in [5.74, 6) is 0.00284. The lowest BCUT2D eigenvalue weighted by molar-refractivity contribution is -0.125. The van der Waals surface area contributed by atoms with Crippen LogP contribution in [0.4, 0.5) is 4.79 Å². The summed E-state index contributed by atoms with van der Waals surface area (Å²) in [6.45, 7) is 2.09. The maximum atomic E-state index is 12.4. The topological polar surface area (TPSA) is 108 Å². The fourth-order valence-electron chi connectivity index (χ4n) is 3.32. The molecular weight excluding hydrogens is 336 g/mol. The van der Waals surface area contributed by atoms with Crippen LogP contribution in [0.2, 0.25) is 0 Å². The average Bonchev–Trinajstić information content (AvgIpc) is 2.88. The number of urea groups is 1. The monoisotopic (exact) mass is 364 g/mol. The van der Waals surface area contributed by atoms with Crippen molar-refractivity contribution in [3.63, 3.8) is 0 Å². The Bertz CT molecular complexity index is 649. The molecule has 1 heterocycles. The Morgan fingerprint density at radius 2 is 2.04 bits per heavy atom. The summed E-state index contributed by atoms with van der Waals surface area (Å²) in [6.07, 6.45) is 3.94. The van der Waals surface area contributed by atoms with Gasteiger partial charge in [0.05, 0.1) is 13.2 Å². The molecule has 1 aromatic rings. The van der Waals surface area contributed by atoms with Crippen molar-refractivity contribution in [2.75, 3.05) is 7.11 Å². The van der Waals surface area contributed by atoms with E-state index in [4.69, 9.17) is 4.74 Å². The number of aliphatic hydroxyl groups is 1. The zero-order chi connectivity index (χ0) is 19.2. The minimum Gasteiger partial charge on any atom is -0.504 e. The standard InChI is InChI=1S/C19H28N2O5/c1-3-4-5-6-14(22)12-19(17(24)20-18(25)21-19)10-9-13-7-8-15(23)16(11-13)26-2/h7-8,11,14,22-23H,3-6,9-10,12H2,1-2H3,(H2,20,21,24,25)/t14-,19+/m0/s1. The number of benzene rings is 1. The van der Waals surface area contributed by atoms with Crippen LogP contribution in [0.1, 0.15) is 51.0 Å². The van der Waals surface area contributed by atoms with E-state index in [9.17, 15) is 19.8 Å². The first kappa shape index (κ1) is 20.0. The molecular formula is C19H28N2O5. The quantitative estimate of drug-likeness (QED) is 0.376. The van der Waals surface area contributed by atoms with Gasteiger partial charge in [0.25, 0.3) is 5.91 Å². The molecule has 1 fully saturated rings. The van der Waals surface area contributed by atoms with Crippen LogP contribution in [-0.4, -0.2) is 40.9 Å². The molecule has 1 aliphatic heterocycles. The van der Waals surface area contributed by atoms with Crippen LogP contribution in [0.25, 0.3) is 0 Å². The normalized spacial score (nSPS) is 20.6. The van der Waals surface area contributed by atoms with Gasteiger partial charge in [-0.3, -0.25) is 10.1 Å². The number of phenolic OH excluding ortho intramolecular Hbond substituents is 1. The molecule has 0 unspecified atom stereocenters. The number of hydrogen-bond donors (Lipinski definition) is 4. The lowest BCUT2D eigenvalue weighted by atomic mass is 9.84. The van der Waals surface area contributed by atoms with Crippen molar-refractivity contribution in [3.8, 4) is 11.5 Å². The average molecular weight is 364 g/mol. The number of aryl methyl sites for hydroxylation is 1. The summed E-state index contributed by atoms with van der Waals surface area (Å²) in [5.41, 5.74) is -0.248. The van der Waals surface area contributed by atoms with Crippen LogP contribution in [0.5, 0.6) is 11.5 Å². The van der Waals surface area contributed by atoms with Gasteiger partial charge in [0, 0.05) is 6.42 Å². The Labute approximate surface area is 153 Å². The van der Waals surface area contributed by atoms with Crippen molar-refractivity contribution >= 4 is 11.9 Å². The number of unbranched alkanes of at least 4 members (excludes halogenated alkanes) is 2. The van der Waals surface area contributed by atoms with Crippen molar-refractivity contribution in [3.05, 3.63) is 23.8 Å². The molecule has 7 heteroatoms. The number of carbonyl (C=O) groups is 2. The second-order valence-electron chi connectivity index (χ2n) is 6.85. The third-order valence-electron chi connectivity index (χ3n) is 4.82. The third kappa shape index (κ3) is 4.88. The zero-order valence-corrected chi connectivity index (χ0v) is 15.4. The fraction of sp³-hybridized carbons (Fsp3) is 0.579. The number of ether oxygens (including phenoxy) is 1. The first-order valence-corrected chi connectivity index (χ1v) is 9.07. The number of amides is 3. The molecule has 1 aliphatic rings. The van der Waals surface area contributed by atoms with Gasteiger partial charge in [0.1, 0.15) is 5.54 Å². The van der Waals surface area contributed by atoms with Crippen molar-refractivity contribution in [2.24, 2.45) is 0 Å². The third-order valence-corrected chi connectivity index (χ3v) is 4.82. The predicted molar refractivity (Wildman–Crippen MR) is 97.2 cm³/mol. The zero-order valence-electron chi connectivity index (χ0n) is 15.4. The SMILES string of the molecule is CCCCC[C@H](O)C[C@@]1(CCc2ccc(O)c(OC)c2)NC(=O)NC1=O. The fourth-order valence-corrected chi connectivity index (χ4v) is 3.32. The second kappa shape index (κ2) is 8.89. The molecule has 0 aliphatic carbocycles. The van der Waals surface area contributed by atoms with Crippen molar-refractivity contribution in [2.45, 2.75) is 63.5 Å². The Morgan fingerprint density at radius 3 is 2.65 bits per heavy atom. The van der Waals surface area contributed by atoms with Crippen molar-refractivity contribution in [1.82, 2.24) is 10.6 Å². The van der Waals surface area contributed by atoms with E-state index in [1.807, 2.05) is 0 Å². The minimum absolute atomic E-state index is 0.0456. The van der Waals surface area contributed by atoms with E-state index in [0.717, 1.165) is 24.8 Å². The maximum absolute atomic E-state index is 12.4. The van der Waals surface area contributed by atoms with Crippen LogP contribution < -0.4 is 15.4 Å². The number of phenols is 1. The summed E-state index contributed by atoms with van der Waals surface area (Å²) in [7, 11) is 1.47. The summed E-state index contributed by atoms with van der Waals surface area (Å²) in [6, 6.07) is 4.46. The minimum atomic E-state index is -1.12. The van der Waals surface area contributed by atoms with Gasteiger partial charge in [-0.05, 0) is 37.0 Å². The van der Waals surface area contributed by atoms with Gasteiger partial charge < -0.3 is 20.3 Å². The summed E-state index contributed by atoms with van der Waals surface area (Å²) in [4.78, 5) is 24.1. The van der Waals surface area contributed by atoms with Gasteiger partial charge >= 0.3 is 6.03 Å². The first-order chi connectivity index (χ1) is 12.4. The van der Waals surface area contributed by atoms with Gasteiger partial charge in [-0.25, -0.2) is 4.79 Å². The van der Waals surface area contributed by atoms with Crippen LogP contribution in [0, 0.1) is 0 Å². The van der Waals surface area contributed by atoms with E-state index in [1.54, 1.807) is 12.1 Å². The number of aliphatic hydroxyl groups excluding tert-OH is 1. The molecule has 0 bridgehead atoms.